The highest BCUT2D eigenvalue weighted by molar-refractivity contribution is 6.34. The molecule has 0 saturated carbocycles. The smallest absolute Gasteiger partial charge is 0.326 e. The molecule has 0 spiro atoms. The van der Waals surface area contributed by atoms with Crippen molar-refractivity contribution in [3.63, 3.8) is 0 Å². The number of carboxylic acid groups (broad SMARTS) is 1. The topological polar surface area (TPSA) is 105 Å². The summed E-state index contributed by atoms with van der Waals surface area (Å²) in [7, 11) is 2.86. The SMILES string of the molecule is COc1cc(Cl)c(C(=O)N[C@@H](Cc2ccc(C3=CCN(C(=O)c4cccc(F)c4)CC3)cc2)C(=O)O)cc1OC. The van der Waals surface area contributed by atoms with Gasteiger partial charge in [0.05, 0.1) is 24.8 Å². The van der Waals surface area contributed by atoms with Crippen LogP contribution >= 0.6 is 11.6 Å². The predicted octanol–water partition coefficient (Wildman–Crippen LogP) is 4.85. The van der Waals surface area contributed by atoms with Crippen LogP contribution in [0.2, 0.25) is 5.02 Å². The Kier molecular flexibility index (Phi) is 9.06. The van der Waals surface area contributed by atoms with Crippen LogP contribution in [0.25, 0.3) is 5.57 Å². The Labute approximate surface area is 236 Å². The first kappa shape index (κ1) is 28.6. The van der Waals surface area contributed by atoms with Gasteiger partial charge in [-0.1, -0.05) is 48.0 Å². The molecule has 1 heterocycles. The zero-order valence-electron chi connectivity index (χ0n) is 21.9. The number of nitrogens with zero attached hydrogens (tertiary/aromatic N) is 1. The highest BCUT2D eigenvalue weighted by atomic mass is 35.5. The van der Waals surface area contributed by atoms with Crippen molar-refractivity contribution < 1.29 is 33.4 Å². The largest absolute Gasteiger partial charge is 0.493 e. The van der Waals surface area contributed by atoms with Crippen LogP contribution in [0.3, 0.4) is 0 Å². The number of ether oxygens (including phenoxy) is 2. The monoisotopic (exact) mass is 566 g/mol. The van der Waals surface area contributed by atoms with Crippen LogP contribution in [0.15, 0.2) is 66.7 Å². The van der Waals surface area contributed by atoms with Crippen molar-refractivity contribution in [2.75, 3.05) is 27.3 Å². The molecule has 0 aromatic heterocycles. The number of amides is 2. The van der Waals surface area contributed by atoms with Crippen LogP contribution in [0.1, 0.15) is 38.3 Å². The van der Waals surface area contributed by atoms with Crippen LogP contribution in [-0.4, -0.2) is 61.1 Å². The van der Waals surface area contributed by atoms with Gasteiger partial charge in [0.1, 0.15) is 11.9 Å². The molecule has 0 radical (unpaired) electrons. The van der Waals surface area contributed by atoms with E-state index in [4.69, 9.17) is 21.1 Å². The molecular weight excluding hydrogens is 539 g/mol. The van der Waals surface area contributed by atoms with Gasteiger partial charge in [-0.15, -0.1) is 0 Å². The van der Waals surface area contributed by atoms with E-state index in [2.05, 4.69) is 5.32 Å². The number of aliphatic carboxylic acids is 1. The highest BCUT2D eigenvalue weighted by Crippen LogP contribution is 2.33. The van der Waals surface area contributed by atoms with Crippen molar-refractivity contribution >= 4 is 35.0 Å². The zero-order chi connectivity index (χ0) is 28.8. The summed E-state index contributed by atoms with van der Waals surface area (Å²) in [5.74, 6) is -1.88. The van der Waals surface area contributed by atoms with Gasteiger partial charge < -0.3 is 24.8 Å². The Morgan fingerprint density at radius 3 is 2.35 bits per heavy atom. The summed E-state index contributed by atoms with van der Waals surface area (Å²) in [5, 5.41) is 12.4. The molecule has 1 aliphatic heterocycles. The van der Waals surface area contributed by atoms with Gasteiger partial charge in [-0.2, -0.15) is 0 Å². The minimum Gasteiger partial charge on any atom is -0.493 e. The Morgan fingerprint density at radius 1 is 1.05 bits per heavy atom. The van der Waals surface area contributed by atoms with Crippen molar-refractivity contribution in [1.82, 2.24) is 10.2 Å². The minimum atomic E-state index is -1.20. The summed E-state index contributed by atoms with van der Waals surface area (Å²) in [6, 6.07) is 14.7. The summed E-state index contributed by atoms with van der Waals surface area (Å²) >= 11 is 6.22. The Morgan fingerprint density at radius 2 is 1.75 bits per heavy atom. The lowest BCUT2D eigenvalue weighted by atomic mass is 9.96. The van der Waals surface area contributed by atoms with Crippen molar-refractivity contribution in [2.24, 2.45) is 0 Å². The third-order valence-corrected chi connectivity index (χ3v) is 6.97. The predicted molar refractivity (Wildman–Crippen MR) is 148 cm³/mol. The normalized spacial score (nSPS) is 13.7. The third kappa shape index (κ3) is 6.60. The van der Waals surface area contributed by atoms with Crippen molar-refractivity contribution in [3.05, 3.63) is 99.8 Å². The lowest BCUT2D eigenvalue weighted by Crippen LogP contribution is -2.42. The fourth-order valence-corrected chi connectivity index (χ4v) is 4.71. The molecule has 10 heteroatoms. The third-order valence-electron chi connectivity index (χ3n) is 6.65. The van der Waals surface area contributed by atoms with Gasteiger partial charge in [-0.25, -0.2) is 9.18 Å². The molecule has 1 aliphatic rings. The molecule has 3 aromatic rings. The molecule has 208 valence electrons. The highest BCUT2D eigenvalue weighted by Gasteiger charge is 2.24. The summed E-state index contributed by atoms with van der Waals surface area (Å²) in [6.45, 7) is 0.896. The van der Waals surface area contributed by atoms with Gasteiger partial charge in [0.2, 0.25) is 0 Å². The Hall–Kier alpha value is -4.37. The maximum atomic E-state index is 13.5. The number of carbonyl (C=O) groups excluding carboxylic acids is 2. The molecule has 0 bridgehead atoms. The van der Waals surface area contributed by atoms with E-state index >= 15 is 0 Å². The summed E-state index contributed by atoms with van der Waals surface area (Å²) < 4.78 is 23.9. The fraction of sp³-hybridized carbons (Fsp3) is 0.233. The number of hydrogen-bond acceptors (Lipinski definition) is 5. The van der Waals surface area contributed by atoms with Gasteiger partial charge >= 0.3 is 5.97 Å². The first-order chi connectivity index (χ1) is 19.2. The molecule has 0 saturated heterocycles. The van der Waals surface area contributed by atoms with Crippen LogP contribution in [0.5, 0.6) is 11.5 Å². The number of carbonyl (C=O) groups is 3. The van der Waals surface area contributed by atoms with E-state index in [0.29, 0.717) is 36.4 Å². The maximum absolute atomic E-state index is 13.5. The zero-order valence-corrected chi connectivity index (χ0v) is 22.7. The van der Waals surface area contributed by atoms with E-state index in [1.807, 2.05) is 30.3 Å². The molecule has 2 N–H and O–H groups in total. The average molecular weight is 567 g/mol. The molecule has 1 atom stereocenters. The van der Waals surface area contributed by atoms with E-state index in [1.165, 1.54) is 44.6 Å². The van der Waals surface area contributed by atoms with Crippen LogP contribution in [0.4, 0.5) is 4.39 Å². The summed E-state index contributed by atoms with van der Waals surface area (Å²) in [6.07, 6.45) is 2.64. The minimum absolute atomic E-state index is 0.0568. The van der Waals surface area contributed by atoms with Gasteiger partial charge in [0.25, 0.3) is 11.8 Å². The summed E-state index contributed by atoms with van der Waals surface area (Å²) in [5.41, 5.74) is 3.11. The molecule has 8 nitrogen and oxygen atoms in total. The Bertz CT molecular complexity index is 1460. The molecule has 4 rings (SSSR count). The van der Waals surface area contributed by atoms with Gasteiger partial charge in [0, 0.05) is 31.1 Å². The number of nitrogens with one attached hydrogen (secondary N) is 1. The number of carboxylic acids is 1. The van der Waals surface area contributed by atoms with E-state index in [-0.39, 0.29) is 28.7 Å². The summed E-state index contributed by atoms with van der Waals surface area (Å²) in [4.78, 5) is 39.2. The van der Waals surface area contributed by atoms with Crippen LogP contribution < -0.4 is 14.8 Å². The van der Waals surface area contributed by atoms with Gasteiger partial charge in [0.15, 0.2) is 11.5 Å². The first-order valence-electron chi connectivity index (χ1n) is 12.5. The standard InChI is InChI=1S/C30H28ClFN2O6/c1-39-26-16-23(24(31)17-27(26)40-2)28(35)33-25(30(37)38)14-18-6-8-19(9-7-18)20-10-12-34(13-11-20)29(36)21-4-3-5-22(32)15-21/h3-10,15-17,25H,11-14H2,1-2H3,(H,33,35)(H,37,38)/t25-/m0/s1. The average Bonchev–Trinajstić information content (AvgIpc) is 2.96. The van der Waals surface area contributed by atoms with Crippen molar-refractivity contribution in [1.29, 1.82) is 0 Å². The van der Waals surface area contributed by atoms with E-state index < -0.39 is 23.7 Å². The Balaban J connectivity index is 1.40. The molecule has 3 aromatic carbocycles. The quantitative estimate of drug-likeness (QED) is 0.384. The second-order valence-corrected chi connectivity index (χ2v) is 9.60. The second-order valence-electron chi connectivity index (χ2n) is 9.19. The van der Waals surface area contributed by atoms with Crippen molar-refractivity contribution in [2.45, 2.75) is 18.9 Å². The van der Waals surface area contributed by atoms with E-state index in [1.54, 1.807) is 11.0 Å². The van der Waals surface area contributed by atoms with Crippen molar-refractivity contribution in [3.8, 4) is 11.5 Å². The maximum Gasteiger partial charge on any atom is 0.326 e. The number of halogens is 2. The number of rotatable bonds is 9. The van der Waals surface area contributed by atoms with E-state index in [0.717, 1.165) is 11.1 Å². The van der Waals surface area contributed by atoms with Gasteiger partial charge in [-0.3, -0.25) is 9.59 Å². The molecule has 0 unspecified atom stereocenters. The number of hydrogen-bond donors (Lipinski definition) is 2. The van der Waals surface area contributed by atoms with Crippen LogP contribution in [-0.2, 0) is 11.2 Å². The van der Waals surface area contributed by atoms with Gasteiger partial charge in [-0.05, 0) is 47.4 Å². The lowest BCUT2D eigenvalue weighted by molar-refractivity contribution is -0.139. The molecule has 0 fully saturated rings. The first-order valence-corrected chi connectivity index (χ1v) is 12.9. The molecule has 0 aliphatic carbocycles. The molecular formula is C30H28ClFN2O6. The van der Waals surface area contributed by atoms with Crippen LogP contribution in [0, 0.1) is 5.82 Å². The number of benzene rings is 3. The fourth-order valence-electron chi connectivity index (χ4n) is 4.47. The van der Waals surface area contributed by atoms with E-state index in [9.17, 15) is 23.9 Å². The molecule has 40 heavy (non-hydrogen) atoms. The molecule has 2 amide bonds. The second kappa shape index (κ2) is 12.7. The number of methoxy groups -OCH3 is 2. The lowest BCUT2D eigenvalue weighted by Gasteiger charge is -2.27.